The molecule has 0 saturated carbocycles. The highest BCUT2D eigenvalue weighted by Gasteiger charge is 2.24. The molecule has 0 heterocycles. The van der Waals surface area contributed by atoms with Crippen molar-refractivity contribution in [3.05, 3.63) is 91.0 Å². The lowest BCUT2D eigenvalue weighted by atomic mass is 9.94. The van der Waals surface area contributed by atoms with Crippen LogP contribution in [0.3, 0.4) is 0 Å². The number of rotatable bonds is 2. The van der Waals surface area contributed by atoms with E-state index in [2.05, 4.69) is 24.3 Å². The van der Waals surface area contributed by atoms with E-state index < -0.39 is 9.84 Å². The van der Waals surface area contributed by atoms with E-state index in [-0.39, 0.29) is 4.90 Å². The van der Waals surface area contributed by atoms with Crippen molar-refractivity contribution in [1.82, 2.24) is 0 Å². The molecule has 0 aromatic heterocycles. The van der Waals surface area contributed by atoms with Crippen molar-refractivity contribution in [3.63, 3.8) is 0 Å². The molecular formula is C26H17NO2S. The predicted octanol–water partition coefficient (Wildman–Crippen LogP) is 6.15. The van der Waals surface area contributed by atoms with Gasteiger partial charge in [-0.15, -0.1) is 0 Å². The van der Waals surface area contributed by atoms with E-state index in [9.17, 15) is 8.42 Å². The average Bonchev–Trinajstić information content (AvgIpc) is 2.77. The number of sulfone groups is 1. The van der Waals surface area contributed by atoms with E-state index in [1.54, 1.807) is 18.2 Å². The molecule has 0 saturated heterocycles. The summed E-state index contributed by atoms with van der Waals surface area (Å²) >= 11 is 0. The van der Waals surface area contributed by atoms with Gasteiger partial charge in [0.25, 0.3) is 0 Å². The van der Waals surface area contributed by atoms with E-state index in [0.717, 1.165) is 37.7 Å². The molecule has 0 aliphatic heterocycles. The van der Waals surface area contributed by atoms with Crippen LogP contribution in [0.4, 0.5) is 5.69 Å². The second kappa shape index (κ2) is 5.94. The third kappa shape index (κ3) is 2.22. The van der Waals surface area contributed by atoms with Crippen molar-refractivity contribution in [1.29, 1.82) is 0 Å². The van der Waals surface area contributed by atoms with Crippen molar-refractivity contribution in [2.24, 2.45) is 0 Å². The molecule has 6 aromatic rings. The Hall–Kier alpha value is -3.63. The first kappa shape index (κ1) is 17.2. The summed E-state index contributed by atoms with van der Waals surface area (Å²) < 4.78 is 27.7. The van der Waals surface area contributed by atoms with Crippen LogP contribution in [-0.4, -0.2) is 8.42 Å². The molecular weight excluding hydrogens is 390 g/mol. The zero-order valence-corrected chi connectivity index (χ0v) is 16.8. The van der Waals surface area contributed by atoms with Crippen molar-refractivity contribution in [2.75, 3.05) is 5.73 Å². The zero-order chi connectivity index (χ0) is 20.5. The fourth-order valence-corrected chi connectivity index (χ4v) is 6.25. The molecule has 3 nitrogen and oxygen atoms in total. The number of benzene rings is 6. The maximum Gasteiger partial charge on any atom is 0.207 e. The fraction of sp³-hybridized carbons (Fsp3) is 0. The summed E-state index contributed by atoms with van der Waals surface area (Å²) in [5, 5.41) is 7.49. The summed E-state index contributed by atoms with van der Waals surface area (Å²) in [6, 6.07) is 28.5. The first-order valence-corrected chi connectivity index (χ1v) is 11.2. The van der Waals surface area contributed by atoms with Crippen LogP contribution < -0.4 is 5.73 Å². The van der Waals surface area contributed by atoms with Crippen molar-refractivity contribution >= 4 is 58.6 Å². The van der Waals surface area contributed by atoms with E-state index >= 15 is 0 Å². The molecule has 6 aromatic carbocycles. The van der Waals surface area contributed by atoms with Crippen LogP contribution in [0.1, 0.15) is 0 Å². The van der Waals surface area contributed by atoms with Gasteiger partial charge in [0.05, 0.1) is 9.79 Å². The van der Waals surface area contributed by atoms with Gasteiger partial charge < -0.3 is 5.73 Å². The molecule has 0 atom stereocenters. The molecule has 0 bridgehead atoms. The van der Waals surface area contributed by atoms with Gasteiger partial charge >= 0.3 is 0 Å². The Morgan fingerprint density at radius 1 is 0.500 bits per heavy atom. The van der Waals surface area contributed by atoms with Gasteiger partial charge in [0.15, 0.2) is 0 Å². The van der Waals surface area contributed by atoms with Crippen LogP contribution in [0.15, 0.2) is 101 Å². The van der Waals surface area contributed by atoms with E-state index in [1.807, 2.05) is 48.5 Å². The number of anilines is 1. The quantitative estimate of drug-likeness (QED) is 0.276. The fourth-order valence-electron chi connectivity index (χ4n) is 4.59. The van der Waals surface area contributed by atoms with E-state index in [4.69, 9.17) is 5.73 Å². The summed E-state index contributed by atoms with van der Waals surface area (Å²) in [7, 11) is -3.76. The molecule has 0 spiro atoms. The largest absolute Gasteiger partial charge is 0.398 e. The molecule has 6 rings (SSSR count). The minimum absolute atomic E-state index is 0.280. The highest BCUT2D eigenvalue weighted by Crippen LogP contribution is 2.40. The maximum absolute atomic E-state index is 13.9. The summed E-state index contributed by atoms with van der Waals surface area (Å²) in [4.78, 5) is 0.602. The molecule has 144 valence electrons. The lowest BCUT2D eigenvalue weighted by molar-refractivity contribution is 0.598. The molecule has 0 aliphatic carbocycles. The summed E-state index contributed by atoms with van der Waals surface area (Å²) in [6.07, 6.45) is 0. The van der Waals surface area contributed by atoms with Crippen molar-refractivity contribution in [2.45, 2.75) is 9.79 Å². The number of nitrogens with two attached hydrogens (primary N) is 1. The number of hydrogen-bond donors (Lipinski definition) is 1. The van der Waals surface area contributed by atoms with Gasteiger partial charge in [0.1, 0.15) is 0 Å². The summed E-state index contributed by atoms with van der Waals surface area (Å²) in [6.45, 7) is 0. The standard InChI is InChI=1S/C26H17NO2S/c27-22-13-15-23(20-7-2-1-6-19(20)22)30(28,29)24-14-11-18-9-8-16-4-3-5-17-10-12-21(24)26(18)25(16)17/h1-15H,27H2. The molecule has 30 heavy (non-hydrogen) atoms. The second-order valence-electron chi connectivity index (χ2n) is 7.62. The van der Waals surface area contributed by atoms with Crippen molar-refractivity contribution < 1.29 is 8.42 Å². The van der Waals surface area contributed by atoms with Gasteiger partial charge in [0.2, 0.25) is 9.84 Å². The first-order chi connectivity index (χ1) is 14.6. The molecule has 0 unspecified atom stereocenters. The Kier molecular flexibility index (Phi) is 3.41. The minimum Gasteiger partial charge on any atom is -0.398 e. The number of nitrogen functional groups attached to an aromatic ring is 1. The topological polar surface area (TPSA) is 60.2 Å². The molecule has 0 radical (unpaired) electrons. The number of fused-ring (bicyclic) bond motifs is 1. The highest BCUT2D eigenvalue weighted by atomic mass is 32.2. The Bertz CT molecular complexity index is 1700. The summed E-state index contributed by atoms with van der Waals surface area (Å²) in [5.41, 5.74) is 6.67. The normalized spacial score (nSPS) is 12.4. The van der Waals surface area contributed by atoms with Crippen LogP contribution >= 0.6 is 0 Å². The predicted molar refractivity (Wildman–Crippen MR) is 124 cm³/mol. The Labute approximate surface area is 173 Å². The Balaban J connectivity index is 1.74. The van der Waals surface area contributed by atoms with Crippen LogP contribution in [0.2, 0.25) is 0 Å². The maximum atomic E-state index is 13.9. The first-order valence-electron chi connectivity index (χ1n) is 9.74. The smallest absolute Gasteiger partial charge is 0.207 e. The Morgan fingerprint density at radius 3 is 1.83 bits per heavy atom. The van der Waals surface area contributed by atoms with Gasteiger partial charge in [-0.2, -0.15) is 0 Å². The van der Waals surface area contributed by atoms with Gasteiger partial charge in [-0.3, -0.25) is 0 Å². The molecule has 0 amide bonds. The van der Waals surface area contributed by atoms with Crippen molar-refractivity contribution in [3.8, 4) is 0 Å². The SMILES string of the molecule is Nc1ccc(S(=O)(=O)c2ccc3ccc4cccc5ccc2c3c45)c2ccccc12. The van der Waals surface area contributed by atoms with E-state index in [0.29, 0.717) is 16.0 Å². The van der Waals surface area contributed by atoms with Crippen LogP contribution in [0, 0.1) is 0 Å². The highest BCUT2D eigenvalue weighted by molar-refractivity contribution is 7.92. The number of hydrogen-bond acceptors (Lipinski definition) is 3. The average molecular weight is 407 g/mol. The Morgan fingerprint density at radius 2 is 1.07 bits per heavy atom. The van der Waals surface area contributed by atoms with Crippen LogP contribution in [-0.2, 0) is 9.84 Å². The van der Waals surface area contributed by atoms with Crippen LogP contribution in [0.5, 0.6) is 0 Å². The zero-order valence-electron chi connectivity index (χ0n) is 16.0. The molecule has 4 heteroatoms. The molecule has 0 aliphatic rings. The van der Waals surface area contributed by atoms with Gasteiger partial charge in [-0.1, -0.05) is 72.8 Å². The second-order valence-corrected chi connectivity index (χ2v) is 9.51. The third-order valence-electron chi connectivity index (χ3n) is 5.99. The minimum atomic E-state index is -3.76. The van der Waals surface area contributed by atoms with E-state index in [1.165, 1.54) is 0 Å². The van der Waals surface area contributed by atoms with Gasteiger partial charge in [-0.05, 0) is 45.1 Å². The lowest BCUT2D eigenvalue weighted by Gasteiger charge is -2.15. The molecule has 2 N–H and O–H groups in total. The molecule has 0 fully saturated rings. The lowest BCUT2D eigenvalue weighted by Crippen LogP contribution is -2.05. The summed E-state index contributed by atoms with van der Waals surface area (Å²) in [5.74, 6) is 0. The monoisotopic (exact) mass is 407 g/mol. The van der Waals surface area contributed by atoms with Gasteiger partial charge in [-0.25, -0.2) is 8.42 Å². The van der Waals surface area contributed by atoms with Crippen LogP contribution in [0.25, 0.3) is 43.1 Å². The third-order valence-corrected chi connectivity index (χ3v) is 7.86. The van der Waals surface area contributed by atoms with Gasteiger partial charge in [0, 0.05) is 21.8 Å².